The van der Waals surface area contributed by atoms with Crippen molar-refractivity contribution in [1.29, 1.82) is 0 Å². The van der Waals surface area contributed by atoms with Gasteiger partial charge in [-0.15, -0.1) is 0 Å². The molecule has 1 aliphatic rings. The third kappa shape index (κ3) is 3.48. The van der Waals surface area contributed by atoms with E-state index in [-0.39, 0.29) is 0 Å². The number of para-hydroxylation sites is 1. The Hall–Kier alpha value is -1.06. The van der Waals surface area contributed by atoms with Crippen LogP contribution in [0.2, 0.25) is 0 Å². The summed E-state index contributed by atoms with van der Waals surface area (Å²) < 4.78 is 5.67. The summed E-state index contributed by atoms with van der Waals surface area (Å²) >= 11 is 0. The fraction of sp³-hybridized carbons (Fsp3) is 0.625. The number of fused-ring (bicyclic) bond motifs is 1. The summed E-state index contributed by atoms with van der Waals surface area (Å²) in [6.45, 7) is 6.43. The van der Waals surface area contributed by atoms with Crippen molar-refractivity contribution in [2.24, 2.45) is 0 Å². The van der Waals surface area contributed by atoms with E-state index in [1.807, 2.05) is 26.0 Å². The zero-order valence-corrected chi connectivity index (χ0v) is 12.0. The summed E-state index contributed by atoms with van der Waals surface area (Å²) in [6, 6.07) is 8.26. The lowest BCUT2D eigenvalue weighted by atomic mass is 9.92. The Kier molecular flexibility index (Phi) is 4.83. The zero-order chi connectivity index (χ0) is 13.7. The summed E-state index contributed by atoms with van der Waals surface area (Å²) in [5.41, 5.74) is 0.725. The molecule has 0 amide bonds. The Bertz CT molecular complexity index is 401. The van der Waals surface area contributed by atoms with Gasteiger partial charge in [0.2, 0.25) is 0 Å². The van der Waals surface area contributed by atoms with Crippen molar-refractivity contribution in [2.75, 3.05) is 19.7 Å². The molecular weight excluding hydrogens is 238 g/mol. The van der Waals surface area contributed by atoms with E-state index in [4.69, 9.17) is 4.74 Å². The molecule has 0 spiro atoms. The molecular formula is C16H25NO2. The molecule has 2 rings (SSSR count). The van der Waals surface area contributed by atoms with E-state index in [1.165, 1.54) is 5.56 Å². The summed E-state index contributed by atoms with van der Waals surface area (Å²) in [7, 11) is 0. The van der Waals surface area contributed by atoms with E-state index in [9.17, 15) is 5.11 Å². The molecule has 19 heavy (non-hydrogen) atoms. The number of hydrogen-bond acceptors (Lipinski definition) is 3. The first-order valence-corrected chi connectivity index (χ1v) is 7.33. The predicted octanol–water partition coefficient (Wildman–Crippen LogP) is 2.69. The van der Waals surface area contributed by atoms with Gasteiger partial charge in [-0.3, -0.25) is 0 Å². The van der Waals surface area contributed by atoms with Crippen LogP contribution in [0.5, 0.6) is 5.75 Å². The van der Waals surface area contributed by atoms with Crippen molar-refractivity contribution in [3.63, 3.8) is 0 Å². The van der Waals surface area contributed by atoms with E-state index in [2.05, 4.69) is 17.4 Å². The number of benzene rings is 1. The van der Waals surface area contributed by atoms with Crippen LogP contribution in [0.1, 0.15) is 44.6 Å². The summed E-state index contributed by atoms with van der Waals surface area (Å²) in [5.74, 6) is 1.50. The maximum Gasteiger partial charge on any atom is 0.122 e. The summed E-state index contributed by atoms with van der Waals surface area (Å²) in [5, 5.41) is 13.7. The van der Waals surface area contributed by atoms with Crippen molar-refractivity contribution in [3.05, 3.63) is 29.8 Å². The minimum Gasteiger partial charge on any atom is -0.493 e. The molecule has 0 bridgehead atoms. The lowest BCUT2D eigenvalue weighted by molar-refractivity contribution is 0.0321. The second kappa shape index (κ2) is 6.40. The molecule has 0 saturated carbocycles. The highest BCUT2D eigenvalue weighted by atomic mass is 16.5. The first kappa shape index (κ1) is 14.4. The smallest absolute Gasteiger partial charge is 0.122 e. The maximum absolute atomic E-state index is 10.3. The normalized spacial score (nSPS) is 18.8. The maximum atomic E-state index is 10.3. The van der Waals surface area contributed by atoms with Gasteiger partial charge >= 0.3 is 0 Å². The average molecular weight is 263 g/mol. The van der Waals surface area contributed by atoms with Crippen LogP contribution in [0, 0.1) is 0 Å². The second-order valence-corrected chi connectivity index (χ2v) is 5.43. The average Bonchev–Trinajstić information content (AvgIpc) is 2.47. The first-order valence-electron chi connectivity index (χ1n) is 7.33. The van der Waals surface area contributed by atoms with Gasteiger partial charge in [-0.1, -0.05) is 32.0 Å². The summed E-state index contributed by atoms with van der Waals surface area (Å²) in [6.07, 6.45) is 2.63. The Morgan fingerprint density at radius 1 is 1.32 bits per heavy atom. The number of nitrogens with one attached hydrogen (secondary N) is 1. The molecule has 3 nitrogen and oxygen atoms in total. The minimum absolute atomic E-state index is 0.489. The third-order valence-corrected chi connectivity index (χ3v) is 4.24. The lowest BCUT2D eigenvalue weighted by Gasteiger charge is -2.29. The van der Waals surface area contributed by atoms with Gasteiger partial charge in [0.25, 0.3) is 0 Å². The molecule has 106 valence electrons. The van der Waals surface area contributed by atoms with Gasteiger partial charge in [0.1, 0.15) is 5.75 Å². The SMILES string of the molecule is CCC(O)(CC)CNCC1CCOc2ccccc21. The lowest BCUT2D eigenvalue weighted by Crippen LogP contribution is -2.41. The summed E-state index contributed by atoms with van der Waals surface area (Å²) in [4.78, 5) is 0. The molecule has 0 fully saturated rings. The van der Waals surface area contributed by atoms with E-state index in [0.29, 0.717) is 12.5 Å². The van der Waals surface area contributed by atoms with Gasteiger partial charge in [-0.25, -0.2) is 0 Å². The molecule has 3 heteroatoms. The minimum atomic E-state index is -0.565. The topological polar surface area (TPSA) is 41.5 Å². The molecule has 1 heterocycles. The standard InChI is InChI=1S/C16H25NO2/c1-3-16(18,4-2)12-17-11-13-9-10-19-15-8-6-5-7-14(13)15/h5-8,13,17-18H,3-4,9-12H2,1-2H3. The van der Waals surface area contributed by atoms with Crippen LogP contribution in [-0.2, 0) is 0 Å². The van der Waals surface area contributed by atoms with Crippen molar-refractivity contribution in [1.82, 2.24) is 5.32 Å². The van der Waals surface area contributed by atoms with Gasteiger partial charge in [0.05, 0.1) is 12.2 Å². The molecule has 1 aromatic carbocycles. The van der Waals surface area contributed by atoms with Crippen molar-refractivity contribution in [2.45, 2.75) is 44.6 Å². The Morgan fingerprint density at radius 2 is 2.05 bits per heavy atom. The van der Waals surface area contributed by atoms with E-state index < -0.39 is 5.60 Å². The number of ether oxygens (including phenoxy) is 1. The van der Waals surface area contributed by atoms with Crippen LogP contribution in [-0.4, -0.2) is 30.4 Å². The van der Waals surface area contributed by atoms with Crippen LogP contribution >= 0.6 is 0 Å². The second-order valence-electron chi connectivity index (χ2n) is 5.43. The van der Waals surface area contributed by atoms with Crippen LogP contribution < -0.4 is 10.1 Å². The number of hydrogen-bond donors (Lipinski definition) is 2. The largest absolute Gasteiger partial charge is 0.493 e. The highest BCUT2D eigenvalue weighted by Gasteiger charge is 2.24. The predicted molar refractivity (Wildman–Crippen MR) is 77.7 cm³/mol. The van der Waals surface area contributed by atoms with Crippen molar-refractivity contribution >= 4 is 0 Å². The van der Waals surface area contributed by atoms with Crippen LogP contribution in [0.15, 0.2) is 24.3 Å². The van der Waals surface area contributed by atoms with Crippen molar-refractivity contribution < 1.29 is 9.84 Å². The van der Waals surface area contributed by atoms with Gasteiger partial charge in [0.15, 0.2) is 0 Å². The highest BCUT2D eigenvalue weighted by molar-refractivity contribution is 5.37. The van der Waals surface area contributed by atoms with Crippen LogP contribution in [0.25, 0.3) is 0 Å². The monoisotopic (exact) mass is 263 g/mol. The van der Waals surface area contributed by atoms with Crippen LogP contribution in [0.4, 0.5) is 0 Å². The fourth-order valence-electron chi connectivity index (χ4n) is 2.61. The first-order chi connectivity index (χ1) is 9.18. The van der Waals surface area contributed by atoms with Gasteiger partial charge in [0, 0.05) is 19.0 Å². The van der Waals surface area contributed by atoms with Gasteiger partial charge in [-0.05, 0) is 30.9 Å². The Morgan fingerprint density at radius 3 is 2.79 bits per heavy atom. The van der Waals surface area contributed by atoms with Crippen LogP contribution in [0.3, 0.4) is 0 Å². The molecule has 0 aliphatic carbocycles. The highest BCUT2D eigenvalue weighted by Crippen LogP contribution is 2.32. The molecule has 1 aromatic rings. The molecule has 1 atom stereocenters. The molecule has 2 N–H and O–H groups in total. The third-order valence-electron chi connectivity index (χ3n) is 4.24. The van der Waals surface area contributed by atoms with Crippen molar-refractivity contribution in [3.8, 4) is 5.75 Å². The van der Waals surface area contributed by atoms with E-state index in [1.54, 1.807) is 0 Å². The molecule has 0 radical (unpaired) electrons. The Labute approximate surface area is 116 Å². The Balaban J connectivity index is 1.91. The molecule has 0 saturated heterocycles. The quantitative estimate of drug-likeness (QED) is 0.829. The fourth-order valence-corrected chi connectivity index (χ4v) is 2.61. The molecule has 0 aromatic heterocycles. The van der Waals surface area contributed by atoms with Gasteiger partial charge in [-0.2, -0.15) is 0 Å². The number of aliphatic hydroxyl groups is 1. The molecule has 1 aliphatic heterocycles. The molecule has 1 unspecified atom stereocenters. The number of rotatable bonds is 6. The van der Waals surface area contributed by atoms with E-state index in [0.717, 1.165) is 38.2 Å². The zero-order valence-electron chi connectivity index (χ0n) is 12.0. The van der Waals surface area contributed by atoms with E-state index >= 15 is 0 Å². The van der Waals surface area contributed by atoms with Gasteiger partial charge < -0.3 is 15.2 Å².